The Hall–Kier alpha value is -3.19. The molecule has 1 saturated carbocycles. The van der Waals surface area contributed by atoms with Crippen LogP contribution in [-0.2, 0) is 9.53 Å². The predicted molar refractivity (Wildman–Crippen MR) is 130 cm³/mol. The van der Waals surface area contributed by atoms with Crippen LogP contribution in [0.25, 0.3) is 10.4 Å². The molecule has 1 amide bonds. The number of hydrogen-bond acceptors (Lipinski definition) is 5. The minimum atomic E-state index is -0.680. The van der Waals surface area contributed by atoms with E-state index in [1.807, 2.05) is 44.2 Å². The summed E-state index contributed by atoms with van der Waals surface area (Å²) >= 11 is 1.35. The van der Waals surface area contributed by atoms with Crippen LogP contribution < -0.4 is 5.32 Å². The zero-order valence-corrected chi connectivity index (χ0v) is 19.6. The van der Waals surface area contributed by atoms with Gasteiger partial charge in [-0.25, -0.2) is 4.79 Å². The number of aliphatic carboxylic acids is 1. The van der Waals surface area contributed by atoms with Crippen molar-refractivity contribution >= 4 is 29.3 Å². The van der Waals surface area contributed by atoms with Crippen molar-refractivity contribution in [2.45, 2.75) is 51.6 Å². The molecule has 7 heteroatoms. The van der Waals surface area contributed by atoms with Crippen molar-refractivity contribution in [1.29, 1.82) is 0 Å². The summed E-state index contributed by atoms with van der Waals surface area (Å²) in [6, 6.07) is 17.9. The van der Waals surface area contributed by atoms with E-state index in [0.29, 0.717) is 11.6 Å². The summed E-state index contributed by atoms with van der Waals surface area (Å²) < 4.78 is 10.0. The summed E-state index contributed by atoms with van der Waals surface area (Å²) in [4.78, 5) is 24.7. The third kappa shape index (κ3) is 5.42. The molecule has 1 aliphatic rings. The quantitative estimate of drug-likeness (QED) is 0.419. The van der Waals surface area contributed by atoms with Crippen molar-refractivity contribution < 1.29 is 19.4 Å². The topological polar surface area (TPSA) is 88.5 Å². The van der Waals surface area contributed by atoms with Crippen LogP contribution in [0, 0.1) is 12.8 Å². The molecule has 2 aromatic carbocycles. The number of aromatic nitrogens is 1. The monoisotopic (exact) mass is 464 g/mol. The minimum Gasteiger partial charge on any atom is -0.481 e. The molecule has 1 heterocycles. The summed E-state index contributed by atoms with van der Waals surface area (Å²) in [5.41, 5.74) is 4.56. The normalized spacial score (nSPS) is 19.0. The van der Waals surface area contributed by atoms with Gasteiger partial charge in [-0.15, -0.1) is 0 Å². The molecule has 1 atom stereocenters. The number of rotatable bonds is 6. The standard InChI is InChI=1S/C26H28N2O4S/c1-16-23(27-26(31)32-17(2)18-6-4-3-5-7-18)24(33-28-16)21-12-8-19(9-13-21)20-10-14-22(15-11-20)25(29)30/h3-9,12-13,17,20,22H,10-11,14-15H2,1-2H3,(H,27,31)(H,29,30). The molecule has 0 spiro atoms. The number of hydrogen-bond donors (Lipinski definition) is 2. The van der Waals surface area contributed by atoms with Crippen LogP contribution >= 0.6 is 11.5 Å². The first kappa shape index (κ1) is 23.0. The number of ether oxygens (including phenoxy) is 1. The average Bonchev–Trinajstić information content (AvgIpc) is 3.19. The summed E-state index contributed by atoms with van der Waals surface area (Å²) in [6.07, 6.45) is 2.38. The molecule has 1 unspecified atom stereocenters. The Morgan fingerprint density at radius 3 is 2.36 bits per heavy atom. The van der Waals surface area contributed by atoms with Crippen LogP contribution in [-0.4, -0.2) is 21.5 Å². The molecule has 0 aliphatic heterocycles. The number of carboxylic acids is 1. The predicted octanol–water partition coefficient (Wildman–Crippen LogP) is 6.79. The van der Waals surface area contributed by atoms with Gasteiger partial charge >= 0.3 is 12.1 Å². The molecule has 3 aromatic rings. The highest BCUT2D eigenvalue weighted by molar-refractivity contribution is 7.10. The van der Waals surface area contributed by atoms with Gasteiger partial charge in [-0.05, 0) is 73.7 Å². The maximum absolute atomic E-state index is 12.6. The fourth-order valence-corrected chi connectivity index (χ4v) is 5.23. The van der Waals surface area contributed by atoms with Crippen LogP contribution in [0.5, 0.6) is 0 Å². The first-order valence-corrected chi connectivity index (χ1v) is 12.0. The van der Waals surface area contributed by atoms with Gasteiger partial charge < -0.3 is 9.84 Å². The van der Waals surface area contributed by atoms with Gasteiger partial charge in [-0.1, -0.05) is 54.6 Å². The molecule has 172 valence electrons. The molecule has 1 fully saturated rings. The molecule has 6 nitrogen and oxygen atoms in total. The maximum Gasteiger partial charge on any atom is 0.412 e. The third-order valence-corrected chi connectivity index (χ3v) is 7.35. The highest BCUT2D eigenvalue weighted by Gasteiger charge is 2.27. The van der Waals surface area contributed by atoms with Crippen molar-refractivity contribution in [3.63, 3.8) is 0 Å². The first-order valence-electron chi connectivity index (χ1n) is 11.2. The zero-order valence-electron chi connectivity index (χ0n) is 18.8. The van der Waals surface area contributed by atoms with Gasteiger partial charge in [0.1, 0.15) is 6.10 Å². The fraction of sp³-hybridized carbons (Fsp3) is 0.346. The van der Waals surface area contributed by atoms with E-state index in [9.17, 15) is 14.7 Å². The smallest absolute Gasteiger partial charge is 0.412 e. The zero-order chi connectivity index (χ0) is 23.4. The molecule has 2 N–H and O–H groups in total. The van der Waals surface area contributed by atoms with E-state index in [4.69, 9.17) is 4.74 Å². The highest BCUT2D eigenvalue weighted by Crippen LogP contribution is 2.39. The number of amides is 1. The van der Waals surface area contributed by atoms with Gasteiger partial charge in [0, 0.05) is 0 Å². The van der Waals surface area contributed by atoms with Gasteiger partial charge in [0.2, 0.25) is 0 Å². The van der Waals surface area contributed by atoms with Gasteiger partial charge in [0.25, 0.3) is 0 Å². The van der Waals surface area contributed by atoms with Crippen molar-refractivity contribution in [1.82, 2.24) is 4.37 Å². The van der Waals surface area contributed by atoms with Crippen LogP contribution in [0.2, 0.25) is 0 Å². The second kappa shape index (κ2) is 10.2. The maximum atomic E-state index is 12.6. The molecule has 0 saturated heterocycles. The lowest BCUT2D eigenvalue weighted by Crippen LogP contribution is -2.20. The Bertz CT molecular complexity index is 1100. The number of carbonyl (C=O) groups is 2. The van der Waals surface area contributed by atoms with E-state index in [1.54, 1.807) is 0 Å². The largest absolute Gasteiger partial charge is 0.481 e. The molecule has 1 aliphatic carbocycles. The Labute approximate surface area is 197 Å². The van der Waals surface area contributed by atoms with E-state index < -0.39 is 12.1 Å². The van der Waals surface area contributed by atoms with Gasteiger partial charge in [0.05, 0.1) is 22.2 Å². The van der Waals surface area contributed by atoms with E-state index in [1.165, 1.54) is 17.1 Å². The highest BCUT2D eigenvalue weighted by atomic mass is 32.1. The third-order valence-electron chi connectivity index (χ3n) is 6.36. The van der Waals surface area contributed by atoms with Crippen molar-refractivity contribution in [3.8, 4) is 10.4 Å². The number of nitrogens with zero attached hydrogens (tertiary/aromatic N) is 1. The van der Waals surface area contributed by atoms with Gasteiger partial charge in [0.15, 0.2) is 0 Å². The van der Waals surface area contributed by atoms with Crippen molar-refractivity contribution in [2.24, 2.45) is 5.92 Å². The summed E-state index contributed by atoms with van der Waals surface area (Å²) in [5.74, 6) is -0.496. The average molecular weight is 465 g/mol. The van der Waals surface area contributed by atoms with Crippen molar-refractivity contribution in [3.05, 3.63) is 71.4 Å². The first-order chi connectivity index (χ1) is 15.9. The number of nitrogens with one attached hydrogen (secondary N) is 1. The molecular formula is C26H28N2O4S. The Morgan fingerprint density at radius 1 is 1.06 bits per heavy atom. The number of carboxylic acid groups (broad SMARTS) is 1. The lowest BCUT2D eigenvalue weighted by atomic mass is 9.78. The van der Waals surface area contributed by atoms with Crippen LogP contribution in [0.3, 0.4) is 0 Å². The lowest BCUT2D eigenvalue weighted by Gasteiger charge is -2.26. The Morgan fingerprint density at radius 2 is 1.73 bits per heavy atom. The number of carbonyl (C=O) groups excluding carboxylic acids is 1. The molecule has 1 aromatic heterocycles. The second-order valence-electron chi connectivity index (χ2n) is 8.56. The van der Waals surface area contributed by atoms with Gasteiger partial charge in [-0.3, -0.25) is 10.1 Å². The Balaban J connectivity index is 1.43. The summed E-state index contributed by atoms with van der Waals surface area (Å²) in [6.45, 7) is 3.71. The number of benzene rings is 2. The minimum absolute atomic E-state index is 0.210. The lowest BCUT2D eigenvalue weighted by molar-refractivity contribution is -0.142. The van der Waals surface area contributed by atoms with Crippen LogP contribution in [0.4, 0.5) is 10.5 Å². The SMILES string of the molecule is Cc1nsc(-c2ccc(C3CCC(C(=O)O)CC3)cc2)c1NC(=O)OC(C)c1ccccc1. The van der Waals surface area contributed by atoms with E-state index >= 15 is 0 Å². The summed E-state index contributed by atoms with van der Waals surface area (Å²) in [7, 11) is 0. The molecule has 0 bridgehead atoms. The van der Waals surface area contributed by atoms with Crippen molar-refractivity contribution in [2.75, 3.05) is 5.32 Å². The molecule has 0 radical (unpaired) electrons. The van der Waals surface area contributed by atoms with Gasteiger partial charge in [-0.2, -0.15) is 4.37 Å². The van der Waals surface area contributed by atoms with E-state index in [-0.39, 0.29) is 12.0 Å². The Kier molecular flexibility index (Phi) is 7.08. The number of anilines is 1. The second-order valence-corrected chi connectivity index (χ2v) is 9.34. The molecule has 33 heavy (non-hydrogen) atoms. The molecule has 4 rings (SSSR count). The van der Waals surface area contributed by atoms with Crippen LogP contribution in [0.1, 0.15) is 61.4 Å². The molecular weight excluding hydrogens is 436 g/mol. The van der Waals surface area contributed by atoms with Crippen LogP contribution in [0.15, 0.2) is 54.6 Å². The van der Waals surface area contributed by atoms with E-state index in [0.717, 1.165) is 47.4 Å². The summed E-state index contributed by atoms with van der Waals surface area (Å²) in [5, 5.41) is 12.1. The number of aryl methyl sites for hydroxylation is 1. The fourth-order valence-electron chi connectivity index (χ4n) is 4.38. The van der Waals surface area contributed by atoms with E-state index in [2.05, 4.69) is 34.0 Å².